The van der Waals surface area contributed by atoms with Crippen LogP contribution >= 0.6 is 0 Å². The number of fused-ring (bicyclic) bond motifs is 3. The molecule has 2 atom stereocenters. The van der Waals surface area contributed by atoms with Gasteiger partial charge in [-0.25, -0.2) is 0 Å². The molecule has 0 unspecified atom stereocenters. The SMILES string of the molecule is C[C@]12CNC[C@@H]1c1cccc(C(F)(F)F)c1CO2. The van der Waals surface area contributed by atoms with Crippen molar-refractivity contribution >= 4 is 0 Å². The second-order valence-corrected chi connectivity index (χ2v) is 5.16. The number of rotatable bonds is 0. The zero-order valence-electron chi connectivity index (χ0n) is 9.97. The first-order valence-electron chi connectivity index (χ1n) is 5.95. The topological polar surface area (TPSA) is 21.3 Å². The first kappa shape index (κ1) is 12.0. The predicted molar refractivity (Wildman–Crippen MR) is 60.2 cm³/mol. The number of halogens is 3. The molecule has 2 aliphatic rings. The maximum Gasteiger partial charge on any atom is 0.416 e. The molecule has 0 radical (unpaired) electrons. The Morgan fingerprint density at radius 1 is 1.39 bits per heavy atom. The lowest BCUT2D eigenvalue weighted by Gasteiger charge is -2.38. The number of alkyl halides is 3. The van der Waals surface area contributed by atoms with Crippen molar-refractivity contribution in [3.8, 4) is 0 Å². The van der Waals surface area contributed by atoms with Crippen LogP contribution in [0.25, 0.3) is 0 Å². The molecule has 2 heterocycles. The summed E-state index contributed by atoms with van der Waals surface area (Å²) in [5.41, 5.74) is 0.144. The summed E-state index contributed by atoms with van der Waals surface area (Å²) in [6.07, 6.45) is -4.31. The van der Waals surface area contributed by atoms with Gasteiger partial charge in [0.05, 0.1) is 17.8 Å². The summed E-state index contributed by atoms with van der Waals surface area (Å²) >= 11 is 0. The van der Waals surface area contributed by atoms with E-state index in [-0.39, 0.29) is 18.1 Å². The molecule has 2 aliphatic heterocycles. The van der Waals surface area contributed by atoms with Gasteiger partial charge in [0.25, 0.3) is 0 Å². The van der Waals surface area contributed by atoms with E-state index in [1.54, 1.807) is 6.07 Å². The van der Waals surface area contributed by atoms with Crippen LogP contribution < -0.4 is 5.32 Å². The Hall–Kier alpha value is -1.07. The van der Waals surface area contributed by atoms with Gasteiger partial charge >= 0.3 is 6.18 Å². The van der Waals surface area contributed by atoms with Crippen LogP contribution in [0.15, 0.2) is 18.2 Å². The lowest BCUT2D eigenvalue weighted by Crippen LogP contribution is -2.40. The molecule has 0 spiro atoms. The molecule has 1 fully saturated rings. The van der Waals surface area contributed by atoms with E-state index >= 15 is 0 Å². The van der Waals surface area contributed by atoms with Gasteiger partial charge in [0, 0.05) is 19.0 Å². The van der Waals surface area contributed by atoms with E-state index in [9.17, 15) is 13.2 Å². The Labute approximate surface area is 103 Å². The maximum atomic E-state index is 12.9. The number of nitrogens with one attached hydrogen (secondary N) is 1. The largest absolute Gasteiger partial charge is 0.416 e. The van der Waals surface area contributed by atoms with Crippen LogP contribution in [0.1, 0.15) is 29.5 Å². The molecule has 98 valence electrons. The van der Waals surface area contributed by atoms with E-state index in [1.807, 2.05) is 6.92 Å². The Bertz CT molecular complexity index is 486. The maximum absolute atomic E-state index is 12.9. The van der Waals surface area contributed by atoms with E-state index in [1.165, 1.54) is 6.07 Å². The molecular formula is C13H14F3NO. The van der Waals surface area contributed by atoms with Crippen molar-refractivity contribution in [1.29, 1.82) is 0 Å². The van der Waals surface area contributed by atoms with Crippen molar-refractivity contribution < 1.29 is 17.9 Å². The highest BCUT2D eigenvalue weighted by molar-refractivity contribution is 5.42. The molecule has 0 bridgehead atoms. The Balaban J connectivity index is 2.12. The van der Waals surface area contributed by atoms with Gasteiger partial charge in [-0.15, -0.1) is 0 Å². The van der Waals surface area contributed by atoms with Gasteiger partial charge in [-0.1, -0.05) is 12.1 Å². The summed E-state index contributed by atoms with van der Waals surface area (Å²) in [6, 6.07) is 4.42. The molecule has 0 aliphatic carbocycles. The Kier molecular flexibility index (Phi) is 2.47. The van der Waals surface area contributed by atoms with Crippen molar-refractivity contribution in [2.24, 2.45) is 0 Å². The minimum absolute atomic E-state index is 0.00329. The summed E-state index contributed by atoms with van der Waals surface area (Å²) in [6.45, 7) is 3.36. The molecule has 0 aromatic heterocycles. The van der Waals surface area contributed by atoms with Crippen LogP contribution in [-0.2, 0) is 17.5 Å². The van der Waals surface area contributed by atoms with Crippen molar-refractivity contribution in [1.82, 2.24) is 5.32 Å². The van der Waals surface area contributed by atoms with Crippen LogP contribution in [0, 0.1) is 0 Å². The molecule has 18 heavy (non-hydrogen) atoms. The van der Waals surface area contributed by atoms with Crippen LogP contribution in [0.2, 0.25) is 0 Å². The zero-order valence-corrected chi connectivity index (χ0v) is 9.97. The summed E-state index contributed by atoms with van der Waals surface area (Å²) in [5.74, 6) is 0.00329. The van der Waals surface area contributed by atoms with Gasteiger partial charge in [-0.2, -0.15) is 13.2 Å². The van der Waals surface area contributed by atoms with E-state index in [0.717, 1.165) is 11.6 Å². The van der Waals surface area contributed by atoms with Crippen molar-refractivity contribution in [3.05, 3.63) is 34.9 Å². The lowest BCUT2D eigenvalue weighted by atomic mass is 9.80. The zero-order chi connectivity index (χ0) is 13.0. The quantitative estimate of drug-likeness (QED) is 0.771. The fourth-order valence-corrected chi connectivity index (χ4v) is 2.99. The highest BCUT2D eigenvalue weighted by Gasteiger charge is 2.46. The molecule has 0 amide bonds. The van der Waals surface area contributed by atoms with Crippen LogP contribution in [0.5, 0.6) is 0 Å². The molecule has 0 saturated carbocycles. The highest BCUT2D eigenvalue weighted by Crippen LogP contribution is 2.44. The van der Waals surface area contributed by atoms with Gasteiger partial charge in [-0.3, -0.25) is 0 Å². The first-order chi connectivity index (χ1) is 8.42. The van der Waals surface area contributed by atoms with Crippen LogP contribution in [0.3, 0.4) is 0 Å². The van der Waals surface area contributed by atoms with Crippen molar-refractivity contribution in [2.75, 3.05) is 13.1 Å². The van der Waals surface area contributed by atoms with Gasteiger partial charge in [0.15, 0.2) is 0 Å². The molecule has 1 N–H and O–H groups in total. The predicted octanol–water partition coefficient (Wildman–Crippen LogP) is 2.68. The summed E-state index contributed by atoms with van der Waals surface area (Å²) in [7, 11) is 0. The lowest BCUT2D eigenvalue weighted by molar-refractivity contribution is -0.140. The van der Waals surface area contributed by atoms with Gasteiger partial charge < -0.3 is 10.1 Å². The van der Waals surface area contributed by atoms with Gasteiger partial charge in [-0.05, 0) is 24.1 Å². The number of hydrogen-bond acceptors (Lipinski definition) is 2. The Morgan fingerprint density at radius 2 is 2.17 bits per heavy atom. The summed E-state index contributed by atoms with van der Waals surface area (Å²) in [4.78, 5) is 0. The summed E-state index contributed by atoms with van der Waals surface area (Å²) < 4.78 is 44.5. The van der Waals surface area contributed by atoms with E-state index < -0.39 is 11.7 Å². The molecule has 5 heteroatoms. The molecule has 2 nitrogen and oxygen atoms in total. The van der Waals surface area contributed by atoms with Crippen molar-refractivity contribution in [3.63, 3.8) is 0 Å². The van der Waals surface area contributed by atoms with E-state index in [2.05, 4.69) is 5.32 Å². The Morgan fingerprint density at radius 3 is 2.89 bits per heavy atom. The summed E-state index contributed by atoms with van der Waals surface area (Å²) in [5, 5.41) is 3.20. The standard InChI is InChI=1S/C13H14F3NO/c1-12-7-17-5-11(12)8-3-2-4-10(13(14,15)16)9(8)6-18-12/h2-4,11,17H,5-7H2,1H3/t11-,12+/m1/s1. The molecule has 1 aromatic carbocycles. The first-order valence-corrected chi connectivity index (χ1v) is 5.95. The fraction of sp³-hybridized carbons (Fsp3) is 0.538. The van der Waals surface area contributed by atoms with Gasteiger partial charge in [0.1, 0.15) is 0 Å². The molecule has 3 rings (SSSR count). The van der Waals surface area contributed by atoms with E-state index in [4.69, 9.17) is 4.74 Å². The number of hydrogen-bond donors (Lipinski definition) is 1. The average Bonchev–Trinajstić information content (AvgIpc) is 2.69. The highest BCUT2D eigenvalue weighted by atomic mass is 19.4. The average molecular weight is 257 g/mol. The number of benzene rings is 1. The normalized spacial score (nSPS) is 31.0. The second kappa shape index (κ2) is 3.71. The monoisotopic (exact) mass is 257 g/mol. The van der Waals surface area contributed by atoms with Crippen LogP contribution in [0.4, 0.5) is 13.2 Å². The minimum Gasteiger partial charge on any atom is -0.369 e. The molecule has 1 saturated heterocycles. The van der Waals surface area contributed by atoms with Crippen molar-refractivity contribution in [2.45, 2.75) is 31.2 Å². The molecule has 1 aromatic rings. The minimum atomic E-state index is -4.31. The molecular weight excluding hydrogens is 243 g/mol. The third kappa shape index (κ3) is 1.65. The smallest absolute Gasteiger partial charge is 0.369 e. The van der Waals surface area contributed by atoms with E-state index in [0.29, 0.717) is 18.7 Å². The second-order valence-electron chi connectivity index (χ2n) is 5.16. The third-order valence-electron chi connectivity index (χ3n) is 4.00. The van der Waals surface area contributed by atoms with Gasteiger partial charge in [0.2, 0.25) is 0 Å². The fourth-order valence-electron chi connectivity index (χ4n) is 2.99. The third-order valence-corrected chi connectivity index (χ3v) is 4.00. The number of ether oxygens (including phenoxy) is 1. The van der Waals surface area contributed by atoms with Crippen LogP contribution in [-0.4, -0.2) is 18.7 Å².